The van der Waals surface area contributed by atoms with Gasteiger partial charge in [0.05, 0.1) is 29.2 Å². The summed E-state index contributed by atoms with van der Waals surface area (Å²) in [6.45, 7) is 6.21. The number of pyridine rings is 1. The minimum absolute atomic E-state index is 0.273. The molecular formula is C26H27N3O4S. The van der Waals surface area contributed by atoms with E-state index in [-0.39, 0.29) is 11.8 Å². The fourth-order valence-electron chi connectivity index (χ4n) is 4.52. The van der Waals surface area contributed by atoms with E-state index >= 15 is 0 Å². The van der Waals surface area contributed by atoms with Crippen molar-refractivity contribution < 1.29 is 18.5 Å². The number of aromatic nitrogens is 1. The Bertz CT molecular complexity index is 1250. The van der Waals surface area contributed by atoms with Crippen LogP contribution in [0.5, 0.6) is 11.6 Å². The summed E-state index contributed by atoms with van der Waals surface area (Å²) in [5.74, 6) is 0.490. The summed E-state index contributed by atoms with van der Waals surface area (Å²) < 4.78 is 26.3. The molecule has 2 atom stereocenters. The molecule has 8 heteroatoms. The molecule has 1 amide bonds. The van der Waals surface area contributed by atoms with Gasteiger partial charge in [-0.3, -0.25) is 4.79 Å². The lowest BCUT2D eigenvalue weighted by Crippen LogP contribution is -2.38. The summed E-state index contributed by atoms with van der Waals surface area (Å²) in [6.07, 6.45) is 0. The van der Waals surface area contributed by atoms with Gasteiger partial charge in [0.25, 0.3) is 0 Å². The summed E-state index contributed by atoms with van der Waals surface area (Å²) in [7, 11) is -1.22. The highest BCUT2D eigenvalue weighted by Gasteiger charge is 2.42. The van der Waals surface area contributed by atoms with Crippen molar-refractivity contribution >= 4 is 16.9 Å². The Kier molecular flexibility index (Phi) is 5.97. The third-order valence-corrected chi connectivity index (χ3v) is 8.06. The fraction of sp³-hybridized carbons (Fsp3) is 0.308. The molecule has 1 aromatic heterocycles. The van der Waals surface area contributed by atoms with Gasteiger partial charge in [0.1, 0.15) is 16.7 Å². The minimum atomic E-state index is -1.22. The average molecular weight is 478 g/mol. The molecule has 0 bridgehead atoms. The number of nitrogens with zero attached hydrogens (tertiary/aromatic N) is 2. The predicted octanol–water partition coefficient (Wildman–Crippen LogP) is 3.85. The van der Waals surface area contributed by atoms with E-state index in [2.05, 4.69) is 0 Å². The monoisotopic (exact) mass is 477 g/mol. The van der Waals surface area contributed by atoms with E-state index in [0.29, 0.717) is 37.9 Å². The summed E-state index contributed by atoms with van der Waals surface area (Å²) in [5, 5.41) is 0. The molecule has 2 aliphatic rings. The van der Waals surface area contributed by atoms with Gasteiger partial charge >= 0.3 is 0 Å². The average Bonchev–Trinajstić information content (AvgIpc) is 2.87. The smallest absolute Gasteiger partial charge is 0.224 e. The lowest BCUT2D eigenvalue weighted by Gasteiger charge is -2.36. The van der Waals surface area contributed by atoms with Crippen molar-refractivity contribution in [3.63, 3.8) is 0 Å². The van der Waals surface area contributed by atoms with Gasteiger partial charge in [0.15, 0.2) is 0 Å². The van der Waals surface area contributed by atoms with Crippen LogP contribution in [0.15, 0.2) is 65.6 Å². The van der Waals surface area contributed by atoms with Crippen LogP contribution in [-0.2, 0) is 20.5 Å². The second kappa shape index (κ2) is 8.94. The van der Waals surface area contributed by atoms with E-state index in [9.17, 15) is 9.00 Å². The first-order valence-corrected chi connectivity index (χ1v) is 12.4. The quantitative estimate of drug-likeness (QED) is 0.602. The Labute approximate surface area is 201 Å². The summed E-state index contributed by atoms with van der Waals surface area (Å²) in [4.78, 5) is 17.9. The van der Waals surface area contributed by atoms with Crippen LogP contribution in [0.2, 0.25) is 0 Å². The SMILES string of the molecule is CC(C)(C(N)=O)[C@H]1c2ccccc2Oc2nc(-c3ccc(S(=O)N4CCOCC4)cc3)ccc21. The number of rotatable bonds is 5. The van der Waals surface area contributed by atoms with Gasteiger partial charge in [-0.1, -0.05) is 50.2 Å². The molecule has 1 saturated heterocycles. The molecule has 34 heavy (non-hydrogen) atoms. The summed E-state index contributed by atoms with van der Waals surface area (Å²) in [5.41, 5.74) is 8.33. The molecule has 2 N–H and O–H groups in total. The Morgan fingerprint density at radius 2 is 1.74 bits per heavy atom. The van der Waals surface area contributed by atoms with Crippen molar-refractivity contribution in [2.24, 2.45) is 11.1 Å². The number of carbonyl (C=O) groups is 1. The highest BCUT2D eigenvalue weighted by atomic mass is 32.2. The largest absolute Gasteiger partial charge is 0.438 e. The lowest BCUT2D eigenvalue weighted by atomic mass is 9.70. The molecule has 3 heterocycles. The van der Waals surface area contributed by atoms with Crippen LogP contribution in [0.1, 0.15) is 30.9 Å². The van der Waals surface area contributed by atoms with Crippen LogP contribution in [0.4, 0.5) is 0 Å². The number of benzene rings is 2. The van der Waals surface area contributed by atoms with E-state index in [1.54, 1.807) is 0 Å². The molecule has 2 aromatic carbocycles. The number of para-hydroxylation sites is 1. The van der Waals surface area contributed by atoms with Gasteiger partial charge in [0.2, 0.25) is 11.8 Å². The molecule has 5 rings (SSSR count). The first kappa shape index (κ1) is 22.7. The number of carbonyl (C=O) groups excluding carboxylic acids is 1. The van der Waals surface area contributed by atoms with Crippen LogP contribution in [0.25, 0.3) is 11.3 Å². The van der Waals surface area contributed by atoms with E-state index < -0.39 is 16.4 Å². The zero-order valence-corrected chi connectivity index (χ0v) is 20.0. The topological polar surface area (TPSA) is 94.8 Å². The Morgan fingerprint density at radius 1 is 1.03 bits per heavy atom. The Hall–Kier alpha value is -3.07. The van der Waals surface area contributed by atoms with E-state index in [0.717, 1.165) is 27.3 Å². The van der Waals surface area contributed by atoms with Crippen molar-refractivity contribution in [1.82, 2.24) is 9.29 Å². The van der Waals surface area contributed by atoms with Gasteiger partial charge in [-0.2, -0.15) is 0 Å². The number of primary amides is 1. The zero-order chi connectivity index (χ0) is 23.9. The molecule has 0 radical (unpaired) electrons. The third kappa shape index (κ3) is 4.02. The van der Waals surface area contributed by atoms with Crippen LogP contribution >= 0.6 is 0 Å². The molecule has 0 spiro atoms. The van der Waals surface area contributed by atoms with Crippen LogP contribution in [-0.4, -0.2) is 45.7 Å². The van der Waals surface area contributed by atoms with E-state index in [1.165, 1.54) is 0 Å². The standard InChI is InChI=1S/C26H27N3O4S/c1-26(2,25(27)30)23-19-5-3-4-6-22(19)33-24-20(23)11-12-21(28-24)17-7-9-18(10-8-17)34(31)29-13-15-32-16-14-29/h3-12,23H,13-16H2,1-2H3,(H2,27,30)/t23-,34?/m0/s1. The molecular weight excluding hydrogens is 450 g/mol. The van der Waals surface area contributed by atoms with Gasteiger partial charge < -0.3 is 15.2 Å². The number of amides is 1. The van der Waals surface area contributed by atoms with E-state index in [4.69, 9.17) is 20.2 Å². The number of hydrogen-bond donors (Lipinski definition) is 1. The van der Waals surface area contributed by atoms with Crippen molar-refractivity contribution in [1.29, 1.82) is 0 Å². The van der Waals surface area contributed by atoms with Gasteiger partial charge in [-0.15, -0.1) is 0 Å². The van der Waals surface area contributed by atoms with Crippen LogP contribution < -0.4 is 10.5 Å². The van der Waals surface area contributed by atoms with Crippen LogP contribution in [0, 0.1) is 5.41 Å². The summed E-state index contributed by atoms with van der Waals surface area (Å²) >= 11 is 0. The number of ether oxygens (including phenoxy) is 2. The molecule has 0 aliphatic carbocycles. The molecule has 1 fully saturated rings. The highest BCUT2D eigenvalue weighted by Crippen LogP contribution is 2.51. The summed E-state index contributed by atoms with van der Waals surface area (Å²) in [6, 6.07) is 19.2. The van der Waals surface area contributed by atoms with Crippen molar-refractivity contribution in [2.75, 3.05) is 26.3 Å². The fourth-order valence-corrected chi connectivity index (χ4v) is 5.67. The highest BCUT2D eigenvalue weighted by molar-refractivity contribution is 7.82. The second-order valence-electron chi connectivity index (χ2n) is 9.06. The third-order valence-electron chi connectivity index (χ3n) is 6.55. The molecule has 7 nitrogen and oxygen atoms in total. The maximum atomic E-state index is 12.8. The van der Waals surface area contributed by atoms with Crippen molar-refractivity contribution in [3.05, 3.63) is 71.8 Å². The number of nitrogens with two attached hydrogens (primary N) is 1. The van der Waals surface area contributed by atoms with Crippen molar-refractivity contribution in [2.45, 2.75) is 24.7 Å². The number of morpholine rings is 1. The second-order valence-corrected chi connectivity index (χ2v) is 10.6. The zero-order valence-electron chi connectivity index (χ0n) is 19.2. The van der Waals surface area contributed by atoms with Gasteiger partial charge in [-0.25, -0.2) is 13.5 Å². The maximum absolute atomic E-state index is 12.8. The van der Waals surface area contributed by atoms with Gasteiger partial charge in [-0.05, 0) is 24.3 Å². The normalized spacial score (nSPS) is 18.9. The molecule has 2 aliphatic heterocycles. The van der Waals surface area contributed by atoms with Gasteiger partial charge in [0, 0.05) is 35.7 Å². The van der Waals surface area contributed by atoms with Crippen molar-refractivity contribution in [3.8, 4) is 22.9 Å². The molecule has 3 aromatic rings. The number of fused-ring (bicyclic) bond motifs is 2. The van der Waals surface area contributed by atoms with E-state index in [1.807, 2.05) is 78.8 Å². The minimum Gasteiger partial charge on any atom is -0.438 e. The first-order chi connectivity index (χ1) is 16.4. The molecule has 176 valence electrons. The lowest BCUT2D eigenvalue weighted by molar-refractivity contribution is -0.126. The predicted molar refractivity (Wildman–Crippen MR) is 130 cm³/mol. The van der Waals surface area contributed by atoms with Crippen LogP contribution in [0.3, 0.4) is 0 Å². The number of hydrogen-bond acceptors (Lipinski definition) is 5. The molecule has 0 saturated carbocycles. The Morgan fingerprint density at radius 3 is 2.44 bits per heavy atom. The Balaban J connectivity index is 1.48. The molecule has 1 unspecified atom stereocenters. The maximum Gasteiger partial charge on any atom is 0.224 e. The first-order valence-electron chi connectivity index (χ1n) is 11.3.